The minimum Gasteiger partial charge on any atom is -0.494 e. The zero-order valence-corrected chi connectivity index (χ0v) is 22.4. The Kier molecular flexibility index (Phi) is 9.31. The molecule has 0 spiro atoms. The van der Waals surface area contributed by atoms with Crippen LogP contribution in [0.2, 0.25) is 0 Å². The molecule has 0 atom stereocenters. The summed E-state index contributed by atoms with van der Waals surface area (Å²) < 4.78 is 44.5. The van der Waals surface area contributed by atoms with Crippen molar-refractivity contribution in [1.29, 1.82) is 0 Å². The van der Waals surface area contributed by atoms with Crippen LogP contribution in [0.15, 0.2) is 81.2 Å². The third-order valence-corrected chi connectivity index (χ3v) is 7.29. The first-order valence-electron chi connectivity index (χ1n) is 10.8. The molecule has 3 aromatic rings. The molecule has 0 aliphatic rings. The fourth-order valence-corrected chi connectivity index (χ4v) is 5.33. The van der Waals surface area contributed by atoms with Gasteiger partial charge in [0.15, 0.2) is 11.5 Å². The Balaban J connectivity index is 1.82. The summed E-state index contributed by atoms with van der Waals surface area (Å²) in [6.07, 6.45) is 1.41. The minimum atomic E-state index is -4.03. The SMILES string of the molecule is CCOc1ccc(N(CC(=O)N/N=C\c2cc(Br)c(OC)c(OC)c2)S(=O)(=O)c2ccccc2)cc1. The lowest BCUT2D eigenvalue weighted by Crippen LogP contribution is -2.39. The van der Waals surface area contributed by atoms with Gasteiger partial charge in [-0.3, -0.25) is 9.10 Å². The normalized spacial score (nSPS) is 11.2. The summed E-state index contributed by atoms with van der Waals surface area (Å²) in [6, 6.07) is 17.8. The average molecular weight is 576 g/mol. The van der Waals surface area contributed by atoms with Gasteiger partial charge in [-0.05, 0) is 76.9 Å². The van der Waals surface area contributed by atoms with E-state index in [-0.39, 0.29) is 4.90 Å². The number of halogens is 1. The van der Waals surface area contributed by atoms with Crippen LogP contribution >= 0.6 is 15.9 Å². The lowest BCUT2D eigenvalue weighted by Gasteiger charge is -2.24. The molecule has 0 heterocycles. The Bertz CT molecular complexity index is 1320. The maximum Gasteiger partial charge on any atom is 0.264 e. The van der Waals surface area contributed by atoms with Gasteiger partial charge in [-0.1, -0.05) is 18.2 Å². The summed E-state index contributed by atoms with van der Waals surface area (Å²) in [7, 11) is -0.997. The van der Waals surface area contributed by atoms with Gasteiger partial charge < -0.3 is 14.2 Å². The summed E-state index contributed by atoms with van der Waals surface area (Å²) in [5.41, 5.74) is 3.32. The number of nitrogens with one attached hydrogen (secondary N) is 1. The summed E-state index contributed by atoms with van der Waals surface area (Å²) in [6.45, 7) is 1.84. The Labute approximate surface area is 218 Å². The first-order chi connectivity index (χ1) is 17.3. The van der Waals surface area contributed by atoms with Gasteiger partial charge in [-0.25, -0.2) is 13.8 Å². The van der Waals surface area contributed by atoms with E-state index in [1.807, 2.05) is 6.92 Å². The number of anilines is 1. The molecule has 3 aromatic carbocycles. The summed E-state index contributed by atoms with van der Waals surface area (Å²) >= 11 is 3.40. The van der Waals surface area contributed by atoms with Crippen molar-refractivity contribution >= 4 is 43.8 Å². The molecule has 0 fully saturated rings. The standard InChI is InChI=1S/C25H26BrN3O6S/c1-4-35-20-12-10-19(11-13-20)29(36(31,32)21-8-6-5-7-9-21)17-24(30)28-27-16-18-14-22(26)25(34-3)23(15-18)33-2/h5-16H,4,17H2,1-3H3,(H,28,30)/b27-16-. The van der Waals surface area contributed by atoms with Crippen LogP contribution in [0.25, 0.3) is 0 Å². The molecule has 1 N–H and O–H groups in total. The largest absolute Gasteiger partial charge is 0.494 e. The number of hydrogen-bond donors (Lipinski definition) is 1. The van der Waals surface area contributed by atoms with Crippen molar-refractivity contribution in [2.45, 2.75) is 11.8 Å². The molecule has 0 aliphatic carbocycles. The fourth-order valence-electron chi connectivity index (χ4n) is 3.27. The first kappa shape index (κ1) is 27.0. The molecule has 11 heteroatoms. The van der Waals surface area contributed by atoms with E-state index in [1.54, 1.807) is 54.6 Å². The highest BCUT2D eigenvalue weighted by Crippen LogP contribution is 2.35. The number of amides is 1. The van der Waals surface area contributed by atoms with E-state index >= 15 is 0 Å². The lowest BCUT2D eigenvalue weighted by atomic mass is 10.2. The topological polar surface area (TPSA) is 107 Å². The van der Waals surface area contributed by atoms with Crippen molar-refractivity contribution in [2.75, 3.05) is 31.7 Å². The Morgan fingerprint density at radius 1 is 1.06 bits per heavy atom. The van der Waals surface area contributed by atoms with Crippen LogP contribution in [-0.4, -0.2) is 47.9 Å². The number of hydrogen-bond acceptors (Lipinski definition) is 7. The van der Waals surface area contributed by atoms with Gasteiger partial charge in [0.05, 0.1) is 42.1 Å². The number of sulfonamides is 1. The number of carbonyl (C=O) groups is 1. The van der Waals surface area contributed by atoms with E-state index in [0.29, 0.717) is 39.6 Å². The second kappa shape index (κ2) is 12.4. The van der Waals surface area contributed by atoms with E-state index in [0.717, 1.165) is 4.31 Å². The van der Waals surface area contributed by atoms with Crippen LogP contribution in [-0.2, 0) is 14.8 Å². The maximum atomic E-state index is 13.4. The maximum absolute atomic E-state index is 13.4. The number of nitrogens with zero attached hydrogens (tertiary/aromatic N) is 2. The molecule has 0 aromatic heterocycles. The molecule has 36 heavy (non-hydrogen) atoms. The Morgan fingerprint density at radius 2 is 1.75 bits per heavy atom. The summed E-state index contributed by atoms with van der Waals surface area (Å²) in [5, 5.41) is 3.97. The smallest absolute Gasteiger partial charge is 0.264 e. The molecular weight excluding hydrogens is 550 g/mol. The third-order valence-electron chi connectivity index (χ3n) is 4.91. The number of benzene rings is 3. The van der Waals surface area contributed by atoms with Crippen molar-refractivity contribution in [1.82, 2.24) is 5.43 Å². The molecule has 0 saturated carbocycles. The molecule has 0 unspecified atom stereocenters. The predicted molar refractivity (Wildman–Crippen MR) is 142 cm³/mol. The zero-order valence-electron chi connectivity index (χ0n) is 20.0. The van der Waals surface area contributed by atoms with Crippen molar-refractivity contribution in [2.24, 2.45) is 5.10 Å². The van der Waals surface area contributed by atoms with Crippen LogP contribution in [0.4, 0.5) is 5.69 Å². The molecular formula is C25H26BrN3O6S. The van der Waals surface area contributed by atoms with E-state index < -0.39 is 22.5 Å². The monoisotopic (exact) mass is 575 g/mol. The van der Waals surface area contributed by atoms with Gasteiger partial charge >= 0.3 is 0 Å². The van der Waals surface area contributed by atoms with Crippen LogP contribution in [0.3, 0.4) is 0 Å². The molecule has 0 saturated heterocycles. The van der Waals surface area contributed by atoms with Gasteiger partial charge in [0.2, 0.25) is 0 Å². The second-order valence-electron chi connectivity index (χ2n) is 7.28. The van der Waals surface area contributed by atoms with Gasteiger partial charge in [-0.15, -0.1) is 0 Å². The molecule has 0 radical (unpaired) electrons. The zero-order chi connectivity index (χ0) is 26.1. The summed E-state index contributed by atoms with van der Waals surface area (Å²) in [4.78, 5) is 12.8. The van der Waals surface area contributed by atoms with Gasteiger partial charge in [0, 0.05) is 0 Å². The van der Waals surface area contributed by atoms with Gasteiger partial charge in [-0.2, -0.15) is 5.10 Å². The number of hydrazone groups is 1. The van der Waals surface area contributed by atoms with E-state index in [4.69, 9.17) is 14.2 Å². The van der Waals surface area contributed by atoms with Gasteiger partial charge in [0.1, 0.15) is 12.3 Å². The van der Waals surface area contributed by atoms with E-state index in [2.05, 4.69) is 26.5 Å². The van der Waals surface area contributed by atoms with E-state index in [1.165, 1.54) is 32.6 Å². The number of rotatable bonds is 11. The lowest BCUT2D eigenvalue weighted by molar-refractivity contribution is -0.119. The molecule has 0 bridgehead atoms. The van der Waals surface area contributed by atoms with Crippen LogP contribution in [0.5, 0.6) is 17.2 Å². The molecule has 3 rings (SSSR count). The van der Waals surface area contributed by atoms with Gasteiger partial charge in [0.25, 0.3) is 15.9 Å². The molecule has 9 nitrogen and oxygen atoms in total. The predicted octanol–water partition coefficient (Wildman–Crippen LogP) is 4.21. The quantitative estimate of drug-likeness (QED) is 0.271. The second-order valence-corrected chi connectivity index (χ2v) is 10.00. The first-order valence-corrected chi connectivity index (χ1v) is 13.1. The number of methoxy groups -OCH3 is 2. The molecule has 0 aliphatic heterocycles. The Morgan fingerprint density at radius 3 is 2.36 bits per heavy atom. The van der Waals surface area contributed by atoms with Crippen LogP contribution in [0, 0.1) is 0 Å². The van der Waals surface area contributed by atoms with Crippen molar-refractivity contribution < 1.29 is 27.4 Å². The minimum absolute atomic E-state index is 0.0605. The van der Waals surface area contributed by atoms with Crippen molar-refractivity contribution in [3.63, 3.8) is 0 Å². The third kappa shape index (κ3) is 6.55. The summed E-state index contributed by atoms with van der Waals surface area (Å²) in [5.74, 6) is 0.971. The van der Waals surface area contributed by atoms with Crippen molar-refractivity contribution in [3.05, 3.63) is 76.8 Å². The Hall–Kier alpha value is -3.57. The number of ether oxygens (including phenoxy) is 3. The van der Waals surface area contributed by atoms with E-state index in [9.17, 15) is 13.2 Å². The van der Waals surface area contributed by atoms with Crippen LogP contribution in [0.1, 0.15) is 12.5 Å². The van der Waals surface area contributed by atoms with Crippen LogP contribution < -0.4 is 23.9 Å². The highest BCUT2D eigenvalue weighted by molar-refractivity contribution is 9.10. The molecule has 190 valence electrons. The fraction of sp³-hybridized carbons (Fsp3) is 0.200. The molecule has 1 amide bonds. The van der Waals surface area contributed by atoms with Crippen molar-refractivity contribution in [3.8, 4) is 17.2 Å². The number of carbonyl (C=O) groups excluding carboxylic acids is 1. The highest BCUT2D eigenvalue weighted by Gasteiger charge is 2.27. The highest BCUT2D eigenvalue weighted by atomic mass is 79.9. The average Bonchev–Trinajstić information content (AvgIpc) is 2.88.